The van der Waals surface area contributed by atoms with Gasteiger partial charge in [-0.25, -0.2) is 8.42 Å². The number of nitrogens with zero attached hydrogens (tertiary/aromatic N) is 2. The van der Waals surface area contributed by atoms with Crippen LogP contribution < -0.4 is 10.1 Å². The van der Waals surface area contributed by atoms with E-state index in [-0.39, 0.29) is 6.04 Å². The quantitative estimate of drug-likeness (QED) is 0.487. The Balaban J connectivity index is 1.73. The van der Waals surface area contributed by atoms with Crippen LogP contribution >= 0.6 is 27.3 Å². The van der Waals surface area contributed by atoms with E-state index in [0.717, 1.165) is 46.8 Å². The maximum atomic E-state index is 12.5. The van der Waals surface area contributed by atoms with E-state index in [9.17, 15) is 18.0 Å². The van der Waals surface area contributed by atoms with E-state index >= 15 is 0 Å². The summed E-state index contributed by atoms with van der Waals surface area (Å²) in [6, 6.07) is 5.76. The Morgan fingerprint density at radius 1 is 1.25 bits per heavy atom. The molecule has 0 atom stereocenters. The number of amides is 2. The van der Waals surface area contributed by atoms with Crippen molar-refractivity contribution in [3.05, 3.63) is 27.5 Å². The molecule has 0 unspecified atom stereocenters. The summed E-state index contributed by atoms with van der Waals surface area (Å²) in [5.41, 5.74) is 0.888. The molecule has 1 aliphatic rings. The zero-order valence-electron chi connectivity index (χ0n) is 18.0. The standard InChI is InChI=1S/C21H28BrN3O5S2/c1-2-30-11-10-25-17-9-8-15(22)12-18(17)31-21(25)24-20(27)14-32(28,29)13-19(26)23-16-6-4-3-5-7-16/h8-9,12,16H,2-7,10-11,13-14H2,1H3,(H,23,26). The van der Waals surface area contributed by atoms with E-state index in [2.05, 4.69) is 26.2 Å². The highest BCUT2D eigenvalue weighted by Gasteiger charge is 2.23. The van der Waals surface area contributed by atoms with Crippen molar-refractivity contribution in [2.75, 3.05) is 24.7 Å². The van der Waals surface area contributed by atoms with Crippen LogP contribution in [0.4, 0.5) is 0 Å². The summed E-state index contributed by atoms with van der Waals surface area (Å²) < 4.78 is 33.9. The average molecular weight is 547 g/mol. The van der Waals surface area contributed by atoms with Crippen LogP contribution in [0.3, 0.4) is 0 Å². The zero-order valence-corrected chi connectivity index (χ0v) is 21.2. The van der Waals surface area contributed by atoms with Gasteiger partial charge in [-0.05, 0) is 38.0 Å². The van der Waals surface area contributed by atoms with Gasteiger partial charge in [-0.3, -0.25) is 9.59 Å². The number of thiazole rings is 1. The van der Waals surface area contributed by atoms with Crippen molar-refractivity contribution in [2.45, 2.75) is 51.6 Å². The molecule has 0 spiro atoms. The van der Waals surface area contributed by atoms with Gasteiger partial charge < -0.3 is 14.6 Å². The van der Waals surface area contributed by atoms with Crippen molar-refractivity contribution >= 4 is 59.1 Å². The highest BCUT2D eigenvalue weighted by atomic mass is 79.9. The number of carbonyl (C=O) groups excluding carboxylic acids is 2. The second kappa shape index (κ2) is 11.5. The highest BCUT2D eigenvalue weighted by molar-refractivity contribution is 9.10. The molecule has 1 fully saturated rings. The molecule has 176 valence electrons. The first-order valence-electron chi connectivity index (χ1n) is 10.7. The molecule has 1 saturated carbocycles. The largest absolute Gasteiger partial charge is 0.380 e. The van der Waals surface area contributed by atoms with E-state index in [1.54, 1.807) is 0 Å². The summed E-state index contributed by atoms with van der Waals surface area (Å²) >= 11 is 4.74. The average Bonchev–Trinajstić information content (AvgIpc) is 3.03. The SMILES string of the molecule is CCOCCn1c(=NC(=O)CS(=O)(=O)CC(=O)NC2CCCCC2)sc2cc(Br)ccc21. The Morgan fingerprint density at radius 2 is 2.00 bits per heavy atom. The second-order valence-corrected chi connectivity index (χ2v) is 11.8. The lowest BCUT2D eigenvalue weighted by Crippen LogP contribution is -2.40. The number of ether oxygens (including phenoxy) is 1. The van der Waals surface area contributed by atoms with Gasteiger partial charge in [0.1, 0.15) is 11.5 Å². The summed E-state index contributed by atoms with van der Waals surface area (Å²) in [7, 11) is -3.91. The Kier molecular flexibility index (Phi) is 9.04. The molecular formula is C21H28BrN3O5S2. The van der Waals surface area contributed by atoms with E-state index in [1.165, 1.54) is 11.3 Å². The fraction of sp³-hybridized carbons (Fsp3) is 0.571. The van der Waals surface area contributed by atoms with Gasteiger partial charge >= 0.3 is 0 Å². The summed E-state index contributed by atoms with van der Waals surface area (Å²) in [4.78, 5) is 29.1. The van der Waals surface area contributed by atoms with E-state index < -0.39 is 33.2 Å². The van der Waals surface area contributed by atoms with Gasteiger partial charge in [0.05, 0.1) is 16.8 Å². The topological polar surface area (TPSA) is 107 Å². The molecule has 11 heteroatoms. The van der Waals surface area contributed by atoms with Gasteiger partial charge in [-0.1, -0.05) is 46.5 Å². The van der Waals surface area contributed by atoms with Gasteiger partial charge in [-0.15, -0.1) is 0 Å². The van der Waals surface area contributed by atoms with Gasteiger partial charge in [0.15, 0.2) is 14.6 Å². The van der Waals surface area contributed by atoms with Crippen LogP contribution in [0.2, 0.25) is 0 Å². The van der Waals surface area contributed by atoms with Crippen LogP contribution in [0, 0.1) is 0 Å². The van der Waals surface area contributed by atoms with E-state index in [4.69, 9.17) is 4.74 Å². The number of benzene rings is 1. The molecule has 1 aromatic carbocycles. The predicted molar refractivity (Wildman–Crippen MR) is 128 cm³/mol. The minimum absolute atomic E-state index is 0.0222. The molecule has 1 aromatic heterocycles. The lowest BCUT2D eigenvalue weighted by Gasteiger charge is -2.22. The minimum Gasteiger partial charge on any atom is -0.380 e. The third kappa shape index (κ3) is 7.23. The first-order chi connectivity index (χ1) is 15.3. The van der Waals surface area contributed by atoms with Crippen LogP contribution in [0.25, 0.3) is 10.2 Å². The number of hydrogen-bond acceptors (Lipinski definition) is 6. The van der Waals surface area contributed by atoms with Gasteiger partial charge in [0.2, 0.25) is 5.91 Å². The van der Waals surface area contributed by atoms with Crippen molar-refractivity contribution in [3.8, 4) is 0 Å². The number of nitrogens with one attached hydrogen (secondary N) is 1. The molecule has 2 amide bonds. The number of rotatable bonds is 9. The third-order valence-corrected chi connectivity index (χ3v) is 8.12. The van der Waals surface area contributed by atoms with Crippen molar-refractivity contribution in [1.29, 1.82) is 0 Å². The molecule has 1 N–H and O–H groups in total. The number of hydrogen-bond donors (Lipinski definition) is 1. The number of aromatic nitrogens is 1. The Labute approximate surface area is 200 Å². The van der Waals surface area contributed by atoms with E-state index in [0.29, 0.717) is 24.6 Å². The number of halogens is 1. The maximum Gasteiger partial charge on any atom is 0.263 e. The third-order valence-electron chi connectivity index (χ3n) is 5.19. The Hall–Kier alpha value is -1.56. The molecule has 8 nitrogen and oxygen atoms in total. The fourth-order valence-electron chi connectivity index (χ4n) is 3.74. The van der Waals surface area contributed by atoms with Gasteiger partial charge in [0, 0.05) is 23.7 Å². The molecule has 0 aliphatic heterocycles. The van der Waals surface area contributed by atoms with Crippen LogP contribution in [-0.2, 0) is 30.7 Å². The van der Waals surface area contributed by atoms with Crippen LogP contribution in [0.1, 0.15) is 39.0 Å². The molecule has 1 heterocycles. The van der Waals surface area contributed by atoms with Crippen molar-refractivity contribution in [3.63, 3.8) is 0 Å². The second-order valence-electron chi connectivity index (χ2n) is 7.79. The van der Waals surface area contributed by atoms with Crippen molar-refractivity contribution in [2.24, 2.45) is 4.99 Å². The Bertz CT molecular complexity index is 1130. The normalized spacial score (nSPS) is 15.9. The van der Waals surface area contributed by atoms with Crippen molar-refractivity contribution < 1.29 is 22.7 Å². The number of sulfone groups is 1. The van der Waals surface area contributed by atoms with Crippen molar-refractivity contribution in [1.82, 2.24) is 9.88 Å². The maximum absolute atomic E-state index is 12.5. The predicted octanol–water partition coefficient (Wildman–Crippen LogP) is 2.79. The Morgan fingerprint density at radius 3 is 2.72 bits per heavy atom. The molecular weight excluding hydrogens is 518 g/mol. The molecule has 2 aromatic rings. The van der Waals surface area contributed by atoms with Crippen LogP contribution in [-0.4, -0.2) is 55.6 Å². The summed E-state index contributed by atoms with van der Waals surface area (Å²) in [6.07, 6.45) is 4.93. The van der Waals surface area contributed by atoms with Gasteiger partial charge in [-0.2, -0.15) is 4.99 Å². The lowest BCUT2D eigenvalue weighted by molar-refractivity contribution is -0.119. The van der Waals surface area contributed by atoms with Gasteiger partial charge in [0.25, 0.3) is 5.91 Å². The van der Waals surface area contributed by atoms with Crippen LogP contribution in [0.5, 0.6) is 0 Å². The lowest BCUT2D eigenvalue weighted by atomic mass is 9.95. The van der Waals surface area contributed by atoms with E-state index in [1.807, 2.05) is 29.7 Å². The summed E-state index contributed by atoms with van der Waals surface area (Å²) in [5, 5.41) is 2.78. The molecule has 0 bridgehead atoms. The smallest absolute Gasteiger partial charge is 0.263 e. The molecule has 0 saturated heterocycles. The molecule has 3 rings (SSSR count). The monoisotopic (exact) mass is 545 g/mol. The summed E-state index contributed by atoms with van der Waals surface area (Å²) in [5.74, 6) is -2.84. The minimum atomic E-state index is -3.91. The fourth-order valence-corrected chi connectivity index (χ4v) is 6.39. The first kappa shape index (κ1) is 25.1. The highest BCUT2D eigenvalue weighted by Crippen LogP contribution is 2.22. The first-order valence-corrected chi connectivity index (χ1v) is 14.1. The number of fused-ring (bicyclic) bond motifs is 1. The summed E-state index contributed by atoms with van der Waals surface area (Å²) in [6.45, 7) is 3.40. The number of carbonyl (C=O) groups is 2. The molecule has 32 heavy (non-hydrogen) atoms. The molecule has 0 radical (unpaired) electrons. The van der Waals surface area contributed by atoms with Crippen LogP contribution in [0.15, 0.2) is 27.7 Å². The molecule has 1 aliphatic carbocycles. The zero-order chi connectivity index (χ0) is 23.1.